The Labute approximate surface area is 174 Å². The van der Waals surface area contributed by atoms with Crippen LogP contribution in [0.5, 0.6) is 0 Å². The number of hydroxylamine groups is 2. The summed E-state index contributed by atoms with van der Waals surface area (Å²) < 4.78 is 41.5. The standard InChI is InChI=1S/C18H17ClF3N5O3/c1-25-17(28)16-11-8-26(3-2-14(11)24-27(16)7-10(6-20)30-25)18(29)23-9-4-12(19)15(22)13(21)5-9/h4-5,10H,2-3,6-8H2,1H3,(H,23,29). The average molecular weight is 444 g/mol. The molecule has 30 heavy (non-hydrogen) atoms. The van der Waals surface area contributed by atoms with E-state index in [2.05, 4.69) is 10.4 Å². The lowest BCUT2D eigenvalue weighted by molar-refractivity contribution is -0.152. The molecular formula is C18H17ClF3N5O3. The molecule has 0 saturated carbocycles. The van der Waals surface area contributed by atoms with Crippen LogP contribution < -0.4 is 5.32 Å². The number of aromatic nitrogens is 2. The minimum atomic E-state index is -1.20. The van der Waals surface area contributed by atoms with Crippen molar-refractivity contribution in [3.8, 4) is 0 Å². The molecule has 1 unspecified atom stereocenters. The number of fused-ring (bicyclic) bond motifs is 3. The molecule has 12 heteroatoms. The van der Waals surface area contributed by atoms with Crippen molar-refractivity contribution in [1.82, 2.24) is 19.7 Å². The first-order chi connectivity index (χ1) is 14.3. The number of rotatable bonds is 2. The van der Waals surface area contributed by atoms with E-state index in [4.69, 9.17) is 16.4 Å². The Morgan fingerprint density at radius 1 is 1.40 bits per heavy atom. The number of carbonyl (C=O) groups excluding carboxylic acids is 2. The molecule has 2 aliphatic heterocycles. The van der Waals surface area contributed by atoms with Gasteiger partial charge in [-0.2, -0.15) is 5.10 Å². The third-order valence-electron chi connectivity index (χ3n) is 4.97. The molecule has 2 aromatic rings. The second-order valence-electron chi connectivity index (χ2n) is 7.00. The van der Waals surface area contributed by atoms with E-state index in [1.54, 1.807) is 0 Å². The Hall–Kier alpha value is -2.79. The summed E-state index contributed by atoms with van der Waals surface area (Å²) in [4.78, 5) is 32.0. The monoisotopic (exact) mass is 443 g/mol. The van der Waals surface area contributed by atoms with Crippen LogP contribution in [0.4, 0.5) is 23.7 Å². The maximum absolute atomic E-state index is 13.5. The van der Waals surface area contributed by atoms with Crippen LogP contribution in [0.1, 0.15) is 21.7 Å². The van der Waals surface area contributed by atoms with Gasteiger partial charge in [0.15, 0.2) is 11.6 Å². The van der Waals surface area contributed by atoms with Gasteiger partial charge in [0, 0.05) is 37.3 Å². The third-order valence-corrected chi connectivity index (χ3v) is 5.24. The van der Waals surface area contributed by atoms with E-state index < -0.39 is 41.4 Å². The Morgan fingerprint density at radius 2 is 2.17 bits per heavy atom. The van der Waals surface area contributed by atoms with Gasteiger partial charge in [0.25, 0.3) is 5.91 Å². The molecule has 3 amide bonds. The molecule has 1 N–H and O–H groups in total. The maximum atomic E-state index is 13.5. The zero-order valence-electron chi connectivity index (χ0n) is 15.8. The predicted molar refractivity (Wildman–Crippen MR) is 99.7 cm³/mol. The summed E-state index contributed by atoms with van der Waals surface area (Å²) in [6.07, 6.45) is -0.474. The molecule has 3 heterocycles. The first-order valence-electron chi connectivity index (χ1n) is 9.08. The van der Waals surface area contributed by atoms with Gasteiger partial charge in [0.1, 0.15) is 18.5 Å². The molecule has 0 aliphatic carbocycles. The largest absolute Gasteiger partial charge is 0.322 e. The zero-order valence-corrected chi connectivity index (χ0v) is 16.5. The van der Waals surface area contributed by atoms with E-state index >= 15 is 0 Å². The van der Waals surface area contributed by atoms with E-state index in [0.29, 0.717) is 24.2 Å². The van der Waals surface area contributed by atoms with Crippen LogP contribution in [0.3, 0.4) is 0 Å². The molecule has 0 spiro atoms. The first kappa shape index (κ1) is 20.5. The van der Waals surface area contributed by atoms with Crippen molar-refractivity contribution < 1.29 is 27.6 Å². The molecule has 0 saturated heterocycles. The molecule has 2 aliphatic rings. The second-order valence-corrected chi connectivity index (χ2v) is 7.40. The van der Waals surface area contributed by atoms with E-state index in [1.807, 2.05) is 0 Å². The number of nitrogens with one attached hydrogen (secondary N) is 1. The molecule has 4 rings (SSSR count). The molecule has 0 bridgehead atoms. The molecule has 8 nitrogen and oxygen atoms in total. The van der Waals surface area contributed by atoms with Gasteiger partial charge < -0.3 is 10.2 Å². The van der Waals surface area contributed by atoms with Crippen LogP contribution in [0, 0.1) is 11.6 Å². The van der Waals surface area contributed by atoms with Crippen LogP contribution in [-0.4, -0.2) is 58.1 Å². The Balaban J connectivity index is 1.57. The molecular weight excluding hydrogens is 427 g/mol. The SMILES string of the molecule is CN1OC(CF)Cn2nc3c(c2C1=O)CN(C(=O)Nc1cc(F)c(F)c(Cl)c1)CC3. The number of alkyl halides is 1. The van der Waals surface area contributed by atoms with Crippen molar-refractivity contribution in [1.29, 1.82) is 0 Å². The van der Waals surface area contributed by atoms with Gasteiger partial charge >= 0.3 is 6.03 Å². The van der Waals surface area contributed by atoms with Gasteiger partial charge in [0.2, 0.25) is 0 Å². The highest BCUT2D eigenvalue weighted by atomic mass is 35.5. The molecule has 0 fully saturated rings. The van der Waals surface area contributed by atoms with Crippen molar-refractivity contribution >= 4 is 29.2 Å². The van der Waals surface area contributed by atoms with Crippen LogP contribution >= 0.6 is 11.6 Å². The smallest absolute Gasteiger partial charge is 0.320 e. The highest BCUT2D eigenvalue weighted by molar-refractivity contribution is 6.31. The highest BCUT2D eigenvalue weighted by Gasteiger charge is 2.35. The topological polar surface area (TPSA) is 79.7 Å². The fourth-order valence-electron chi connectivity index (χ4n) is 3.53. The number of urea groups is 1. The third kappa shape index (κ3) is 3.58. The van der Waals surface area contributed by atoms with Crippen molar-refractivity contribution in [3.05, 3.63) is 45.7 Å². The normalized spacial score (nSPS) is 18.7. The summed E-state index contributed by atoms with van der Waals surface area (Å²) >= 11 is 5.62. The summed E-state index contributed by atoms with van der Waals surface area (Å²) in [5, 5.41) is 7.38. The minimum Gasteiger partial charge on any atom is -0.320 e. The second kappa shape index (κ2) is 7.80. The summed E-state index contributed by atoms with van der Waals surface area (Å²) in [6.45, 7) is -0.366. The molecule has 1 aromatic heterocycles. The number of hydrogen-bond acceptors (Lipinski definition) is 4. The molecule has 1 aromatic carbocycles. The maximum Gasteiger partial charge on any atom is 0.322 e. The zero-order chi connectivity index (χ0) is 21.6. The number of anilines is 1. The van der Waals surface area contributed by atoms with E-state index in [0.717, 1.165) is 17.2 Å². The average Bonchev–Trinajstić information content (AvgIpc) is 3.01. The number of benzene rings is 1. The van der Waals surface area contributed by atoms with Gasteiger partial charge in [-0.1, -0.05) is 11.6 Å². The molecule has 0 radical (unpaired) electrons. The fraction of sp³-hybridized carbons (Fsp3) is 0.389. The lowest BCUT2D eigenvalue weighted by Crippen LogP contribution is -2.39. The lowest BCUT2D eigenvalue weighted by Gasteiger charge is -2.27. The number of halogens is 4. The summed E-state index contributed by atoms with van der Waals surface area (Å²) in [5.41, 5.74) is 1.42. The predicted octanol–water partition coefficient (Wildman–Crippen LogP) is 2.76. The van der Waals surface area contributed by atoms with Gasteiger partial charge in [-0.25, -0.2) is 23.0 Å². The Morgan fingerprint density at radius 3 is 2.87 bits per heavy atom. The van der Waals surface area contributed by atoms with Crippen molar-refractivity contribution in [3.63, 3.8) is 0 Å². The van der Waals surface area contributed by atoms with E-state index in [9.17, 15) is 22.8 Å². The van der Waals surface area contributed by atoms with Crippen molar-refractivity contribution in [2.45, 2.75) is 25.6 Å². The molecule has 160 valence electrons. The summed E-state index contributed by atoms with van der Waals surface area (Å²) in [7, 11) is 1.39. The van der Waals surface area contributed by atoms with Gasteiger partial charge in [0.05, 0.1) is 23.8 Å². The molecule has 1 atom stereocenters. The number of carbonyl (C=O) groups is 2. The summed E-state index contributed by atoms with van der Waals surface area (Å²) in [5.74, 6) is -2.87. The van der Waals surface area contributed by atoms with Gasteiger partial charge in [-0.05, 0) is 6.07 Å². The number of hydrogen-bond donors (Lipinski definition) is 1. The minimum absolute atomic E-state index is 0.00136. The Bertz CT molecular complexity index is 1010. The number of nitrogens with zero attached hydrogens (tertiary/aromatic N) is 4. The van der Waals surface area contributed by atoms with Crippen LogP contribution in [-0.2, 0) is 24.3 Å². The van der Waals surface area contributed by atoms with Crippen LogP contribution in [0.2, 0.25) is 5.02 Å². The quantitative estimate of drug-likeness (QED) is 0.724. The van der Waals surface area contributed by atoms with Gasteiger partial charge in [-0.15, -0.1) is 0 Å². The number of amides is 3. The van der Waals surface area contributed by atoms with Crippen molar-refractivity contribution in [2.75, 3.05) is 25.6 Å². The first-order valence-corrected chi connectivity index (χ1v) is 9.46. The fourth-order valence-corrected chi connectivity index (χ4v) is 3.73. The lowest BCUT2D eigenvalue weighted by atomic mass is 10.1. The summed E-state index contributed by atoms with van der Waals surface area (Å²) in [6, 6.07) is 1.36. The van der Waals surface area contributed by atoms with Gasteiger partial charge in [-0.3, -0.25) is 14.3 Å². The van der Waals surface area contributed by atoms with Crippen LogP contribution in [0.25, 0.3) is 0 Å². The highest BCUT2D eigenvalue weighted by Crippen LogP contribution is 2.27. The van der Waals surface area contributed by atoms with E-state index in [-0.39, 0.29) is 24.5 Å². The Kier molecular flexibility index (Phi) is 5.33. The van der Waals surface area contributed by atoms with E-state index in [1.165, 1.54) is 16.6 Å². The van der Waals surface area contributed by atoms with Crippen LogP contribution in [0.15, 0.2) is 12.1 Å². The van der Waals surface area contributed by atoms with Crippen molar-refractivity contribution in [2.24, 2.45) is 0 Å².